The van der Waals surface area contributed by atoms with Gasteiger partial charge in [-0.2, -0.15) is 4.68 Å². The minimum atomic E-state index is -0.0731. The zero-order valence-electron chi connectivity index (χ0n) is 15.1. The lowest BCUT2D eigenvalue weighted by Crippen LogP contribution is -2.48. The molecule has 1 aliphatic heterocycles. The Labute approximate surface area is 160 Å². The molecule has 0 atom stereocenters. The third-order valence-corrected chi connectivity index (χ3v) is 4.90. The maximum Gasteiger partial charge on any atom is 0.259 e. The summed E-state index contributed by atoms with van der Waals surface area (Å²) in [5, 5.41) is 12.2. The number of para-hydroxylation sites is 1. The highest BCUT2D eigenvalue weighted by molar-refractivity contribution is 5.50. The molecule has 0 spiro atoms. The van der Waals surface area contributed by atoms with Gasteiger partial charge in [0.1, 0.15) is 11.5 Å². The summed E-state index contributed by atoms with van der Waals surface area (Å²) in [5.41, 5.74) is 1.51. The van der Waals surface area contributed by atoms with E-state index in [2.05, 4.69) is 30.3 Å². The smallest absolute Gasteiger partial charge is 0.259 e. The highest BCUT2D eigenvalue weighted by Crippen LogP contribution is 2.19. The van der Waals surface area contributed by atoms with Crippen LogP contribution in [-0.2, 0) is 0 Å². The predicted octanol–water partition coefficient (Wildman–Crippen LogP) is 0.997. The number of benzene rings is 1. The monoisotopic (exact) mass is 374 g/mol. The lowest BCUT2D eigenvalue weighted by Gasteiger charge is -2.35. The zero-order chi connectivity index (χ0) is 18.9. The molecule has 0 amide bonds. The van der Waals surface area contributed by atoms with Gasteiger partial charge < -0.3 is 9.80 Å². The Kier molecular flexibility index (Phi) is 3.97. The van der Waals surface area contributed by atoms with Crippen molar-refractivity contribution in [3.63, 3.8) is 0 Å². The highest BCUT2D eigenvalue weighted by atomic mass is 16.1. The van der Waals surface area contributed by atoms with Crippen molar-refractivity contribution in [3.8, 4) is 5.69 Å². The molecular weight excluding hydrogens is 356 g/mol. The standard InChI is InChI=1S/C19H18N8O/c28-18-14-17(20-16-8-4-5-9-26(16)18)24-10-12-25(13-11-24)19-21-22-23-27(19)15-6-2-1-3-7-15/h1-9,14H,10-13H2. The first-order valence-electron chi connectivity index (χ1n) is 9.12. The largest absolute Gasteiger partial charge is 0.353 e. The van der Waals surface area contributed by atoms with Crippen molar-refractivity contribution in [3.05, 3.63) is 71.1 Å². The van der Waals surface area contributed by atoms with Crippen molar-refractivity contribution in [1.82, 2.24) is 29.6 Å². The maximum atomic E-state index is 12.4. The second-order valence-electron chi connectivity index (χ2n) is 6.58. The summed E-state index contributed by atoms with van der Waals surface area (Å²) in [4.78, 5) is 21.3. The van der Waals surface area contributed by atoms with Gasteiger partial charge in [0, 0.05) is 38.4 Å². The fraction of sp³-hybridized carbons (Fsp3) is 0.211. The van der Waals surface area contributed by atoms with Gasteiger partial charge in [-0.05, 0) is 34.7 Å². The van der Waals surface area contributed by atoms with Crippen molar-refractivity contribution in [1.29, 1.82) is 0 Å². The Morgan fingerprint density at radius 3 is 2.43 bits per heavy atom. The Bertz CT molecular complexity index is 1160. The molecule has 3 aromatic heterocycles. The number of hydrogen-bond donors (Lipinski definition) is 0. The van der Waals surface area contributed by atoms with Crippen LogP contribution >= 0.6 is 0 Å². The number of hydrogen-bond acceptors (Lipinski definition) is 7. The molecule has 0 unspecified atom stereocenters. The molecule has 0 saturated carbocycles. The van der Waals surface area contributed by atoms with Gasteiger partial charge >= 0.3 is 0 Å². The third kappa shape index (κ3) is 2.86. The number of rotatable bonds is 3. The van der Waals surface area contributed by atoms with Gasteiger partial charge in [0.25, 0.3) is 5.56 Å². The number of pyridine rings is 1. The van der Waals surface area contributed by atoms with E-state index in [1.165, 1.54) is 0 Å². The van der Waals surface area contributed by atoms with Crippen LogP contribution in [0.15, 0.2) is 65.6 Å². The summed E-state index contributed by atoms with van der Waals surface area (Å²) in [6.45, 7) is 2.94. The third-order valence-electron chi connectivity index (χ3n) is 4.90. The molecule has 28 heavy (non-hydrogen) atoms. The predicted molar refractivity (Wildman–Crippen MR) is 105 cm³/mol. The van der Waals surface area contributed by atoms with Crippen LogP contribution in [-0.4, -0.2) is 55.8 Å². The fourth-order valence-electron chi connectivity index (χ4n) is 3.45. The molecule has 0 N–H and O–H groups in total. The first-order valence-corrected chi connectivity index (χ1v) is 9.12. The number of piperazine rings is 1. The minimum Gasteiger partial charge on any atom is -0.353 e. The average molecular weight is 374 g/mol. The van der Waals surface area contributed by atoms with Crippen molar-refractivity contribution in [2.75, 3.05) is 36.0 Å². The molecular formula is C19H18N8O. The Hall–Kier alpha value is -3.75. The molecule has 1 aromatic carbocycles. The lowest BCUT2D eigenvalue weighted by molar-refractivity contribution is 0.626. The van der Waals surface area contributed by atoms with Gasteiger partial charge in [-0.15, -0.1) is 0 Å². The van der Waals surface area contributed by atoms with Crippen LogP contribution in [0.3, 0.4) is 0 Å². The Morgan fingerprint density at radius 2 is 1.61 bits per heavy atom. The number of anilines is 2. The minimum absolute atomic E-state index is 0.0731. The van der Waals surface area contributed by atoms with Crippen LogP contribution in [0.5, 0.6) is 0 Å². The molecule has 140 valence electrons. The molecule has 4 heterocycles. The van der Waals surface area contributed by atoms with Gasteiger partial charge in [-0.3, -0.25) is 9.20 Å². The number of aromatic nitrogens is 6. The van der Waals surface area contributed by atoms with E-state index in [1.807, 2.05) is 48.5 Å². The molecule has 1 saturated heterocycles. The molecule has 5 rings (SSSR count). The number of tetrazole rings is 1. The molecule has 0 radical (unpaired) electrons. The van der Waals surface area contributed by atoms with E-state index in [9.17, 15) is 4.79 Å². The van der Waals surface area contributed by atoms with Crippen LogP contribution in [0.4, 0.5) is 11.8 Å². The van der Waals surface area contributed by atoms with Crippen molar-refractivity contribution in [2.45, 2.75) is 0 Å². The first-order chi connectivity index (χ1) is 13.8. The van der Waals surface area contributed by atoms with E-state index in [4.69, 9.17) is 0 Å². The van der Waals surface area contributed by atoms with E-state index >= 15 is 0 Å². The van der Waals surface area contributed by atoms with Gasteiger partial charge in [-0.25, -0.2) is 4.98 Å². The normalized spacial score (nSPS) is 14.6. The average Bonchev–Trinajstić information content (AvgIpc) is 3.24. The van der Waals surface area contributed by atoms with E-state index in [0.717, 1.165) is 37.8 Å². The van der Waals surface area contributed by atoms with Crippen LogP contribution in [0.2, 0.25) is 0 Å². The number of nitrogens with zero attached hydrogens (tertiary/aromatic N) is 8. The topological polar surface area (TPSA) is 84.5 Å². The quantitative estimate of drug-likeness (QED) is 0.529. The van der Waals surface area contributed by atoms with Gasteiger partial charge in [0.05, 0.1) is 5.69 Å². The Morgan fingerprint density at radius 1 is 0.857 bits per heavy atom. The second-order valence-corrected chi connectivity index (χ2v) is 6.58. The second kappa shape index (κ2) is 6.76. The lowest BCUT2D eigenvalue weighted by atomic mass is 10.3. The summed E-state index contributed by atoms with van der Waals surface area (Å²) in [5.74, 6) is 1.43. The van der Waals surface area contributed by atoms with Crippen LogP contribution in [0.25, 0.3) is 11.3 Å². The summed E-state index contributed by atoms with van der Waals surface area (Å²) < 4.78 is 3.30. The van der Waals surface area contributed by atoms with E-state index in [0.29, 0.717) is 11.5 Å². The molecule has 1 aliphatic rings. The van der Waals surface area contributed by atoms with Crippen molar-refractivity contribution >= 4 is 17.4 Å². The van der Waals surface area contributed by atoms with Crippen molar-refractivity contribution in [2.24, 2.45) is 0 Å². The van der Waals surface area contributed by atoms with Crippen molar-refractivity contribution < 1.29 is 0 Å². The van der Waals surface area contributed by atoms with Crippen LogP contribution in [0, 0.1) is 0 Å². The van der Waals surface area contributed by atoms with E-state index < -0.39 is 0 Å². The number of fused-ring (bicyclic) bond motifs is 1. The molecule has 9 nitrogen and oxygen atoms in total. The highest BCUT2D eigenvalue weighted by Gasteiger charge is 2.23. The fourth-order valence-corrected chi connectivity index (χ4v) is 3.45. The summed E-state index contributed by atoms with van der Waals surface area (Å²) in [6, 6.07) is 17.0. The summed E-state index contributed by atoms with van der Waals surface area (Å²) >= 11 is 0. The molecule has 9 heteroatoms. The summed E-state index contributed by atoms with van der Waals surface area (Å²) in [7, 11) is 0. The Balaban J connectivity index is 1.37. The summed E-state index contributed by atoms with van der Waals surface area (Å²) in [6.07, 6.45) is 1.73. The van der Waals surface area contributed by atoms with Crippen LogP contribution in [0.1, 0.15) is 0 Å². The maximum absolute atomic E-state index is 12.4. The molecule has 0 aliphatic carbocycles. The van der Waals surface area contributed by atoms with E-state index in [-0.39, 0.29) is 5.56 Å². The molecule has 1 fully saturated rings. The van der Waals surface area contributed by atoms with Gasteiger partial charge in [-0.1, -0.05) is 29.4 Å². The van der Waals surface area contributed by atoms with E-state index in [1.54, 1.807) is 21.3 Å². The van der Waals surface area contributed by atoms with Gasteiger partial charge in [0.2, 0.25) is 5.95 Å². The van der Waals surface area contributed by atoms with Gasteiger partial charge in [0.15, 0.2) is 0 Å². The first kappa shape index (κ1) is 16.4. The zero-order valence-corrected chi connectivity index (χ0v) is 15.1. The molecule has 4 aromatic rings. The SMILES string of the molecule is O=c1cc(N2CCN(c3nnnn3-c3ccccc3)CC2)nc2ccccn12. The van der Waals surface area contributed by atoms with Crippen LogP contribution < -0.4 is 15.4 Å². The molecule has 0 bridgehead atoms.